The first-order valence-electron chi connectivity index (χ1n) is 4.67. The first-order chi connectivity index (χ1) is 7.63. The Morgan fingerprint density at radius 2 is 2.12 bits per heavy atom. The van der Waals surface area contributed by atoms with Gasteiger partial charge in [-0.3, -0.25) is 0 Å². The normalized spacial score (nSPS) is 23.3. The third-order valence-electron chi connectivity index (χ3n) is 2.55. The smallest absolute Gasteiger partial charge is 0.369 e. The summed E-state index contributed by atoms with van der Waals surface area (Å²) >= 11 is 1.000. The van der Waals surface area contributed by atoms with Gasteiger partial charge in [-0.25, -0.2) is 9.19 Å². The third-order valence-corrected chi connectivity index (χ3v) is 3.61. The van der Waals surface area contributed by atoms with Crippen molar-refractivity contribution in [3.05, 3.63) is 24.3 Å². The Morgan fingerprint density at radius 1 is 1.44 bits per heavy atom. The van der Waals surface area contributed by atoms with Crippen molar-refractivity contribution in [1.82, 2.24) is 4.39 Å². The number of methoxy groups -OCH3 is 1. The summed E-state index contributed by atoms with van der Waals surface area (Å²) < 4.78 is 4.34. The van der Waals surface area contributed by atoms with E-state index in [0.717, 1.165) is 16.7 Å². The van der Waals surface area contributed by atoms with Gasteiger partial charge in [0.25, 0.3) is 0 Å². The SMILES string of the molecule is COC[N+]1(B(O)O)C(=O)Sc2ccccc21. The van der Waals surface area contributed by atoms with E-state index in [1.54, 1.807) is 24.3 Å². The van der Waals surface area contributed by atoms with Crippen LogP contribution in [0.5, 0.6) is 0 Å². The lowest BCUT2D eigenvalue weighted by atomic mass is 10.00. The fraction of sp³-hybridized carbons (Fsp3) is 0.222. The molecule has 0 aliphatic carbocycles. The molecular formula is C9H11BNO4S+. The van der Waals surface area contributed by atoms with E-state index in [4.69, 9.17) is 4.74 Å². The number of hydrogen-bond donors (Lipinski definition) is 2. The van der Waals surface area contributed by atoms with Gasteiger partial charge >= 0.3 is 12.5 Å². The highest BCUT2D eigenvalue weighted by molar-refractivity contribution is 8.14. The van der Waals surface area contributed by atoms with Crippen LogP contribution in [0.4, 0.5) is 10.5 Å². The van der Waals surface area contributed by atoms with Crippen molar-refractivity contribution in [2.75, 3.05) is 13.8 Å². The first kappa shape index (κ1) is 11.6. The molecule has 1 aliphatic rings. The lowest BCUT2D eigenvalue weighted by molar-refractivity contribution is 0.114. The number of rotatable bonds is 3. The van der Waals surface area contributed by atoms with Crippen molar-refractivity contribution >= 4 is 29.9 Å². The minimum Gasteiger partial charge on any atom is -0.369 e. The fourth-order valence-corrected chi connectivity index (χ4v) is 2.84. The molecule has 0 saturated carbocycles. The van der Waals surface area contributed by atoms with E-state index in [9.17, 15) is 14.8 Å². The van der Waals surface area contributed by atoms with Gasteiger partial charge in [0.05, 0.1) is 4.90 Å². The van der Waals surface area contributed by atoms with Gasteiger partial charge in [-0.05, 0) is 12.1 Å². The van der Waals surface area contributed by atoms with Crippen LogP contribution >= 0.6 is 11.8 Å². The molecule has 1 heterocycles. The van der Waals surface area contributed by atoms with Crippen LogP contribution in [0.2, 0.25) is 0 Å². The number of carbonyl (C=O) groups is 1. The molecule has 2 rings (SSSR count). The number of amides is 1. The van der Waals surface area contributed by atoms with E-state index in [0.29, 0.717) is 5.69 Å². The molecule has 0 spiro atoms. The van der Waals surface area contributed by atoms with Crippen molar-refractivity contribution in [3.8, 4) is 0 Å². The van der Waals surface area contributed by atoms with Gasteiger partial charge in [0, 0.05) is 18.9 Å². The molecule has 2 N–H and O–H groups in total. The van der Waals surface area contributed by atoms with Gasteiger partial charge in [-0.15, -0.1) is 0 Å². The molecule has 5 nitrogen and oxygen atoms in total. The van der Waals surface area contributed by atoms with Crippen LogP contribution in [-0.4, -0.2) is 36.4 Å². The molecule has 0 saturated heterocycles. The topological polar surface area (TPSA) is 66.8 Å². The van der Waals surface area contributed by atoms with Crippen molar-refractivity contribution in [3.63, 3.8) is 0 Å². The molecule has 1 atom stereocenters. The largest absolute Gasteiger partial charge is 0.770 e. The van der Waals surface area contributed by atoms with Crippen LogP contribution in [0.3, 0.4) is 0 Å². The average molecular weight is 240 g/mol. The molecule has 1 aromatic rings. The zero-order chi connectivity index (χ0) is 11.8. The molecule has 0 aromatic heterocycles. The van der Waals surface area contributed by atoms with Gasteiger partial charge in [0.1, 0.15) is 5.69 Å². The maximum absolute atomic E-state index is 11.9. The highest BCUT2D eigenvalue weighted by Crippen LogP contribution is 2.45. The molecule has 1 amide bonds. The number of para-hydroxylation sites is 1. The Hall–Kier alpha value is -0.855. The molecule has 0 bridgehead atoms. The molecule has 1 unspecified atom stereocenters. The van der Waals surface area contributed by atoms with Gasteiger partial charge in [0.2, 0.25) is 0 Å². The van der Waals surface area contributed by atoms with Crippen LogP contribution < -0.4 is 4.39 Å². The Bertz CT molecular complexity index is 428. The summed E-state index contributed by atoms with van der Waals surface area (Å²) in [6.07, 6.45) is 0. The van der Waals surface area contributed by atoms with E-state index in [1.165, 1.54) is 7.11 Å². The van der Waals surface area contributed by atoms with E-state index < -0.39 is 11.6 Å². The zero-order valence-corrected chi connectivity index (χ0v) is 9.48. The highest BCUT2D eigenvalue weighted by Gasteiger charge is 2.57. The summed E-state index contributed by atoms with van der Waals surface area (Å²) in [5, 5.41) is 18.6. The maximum Gasteiger partial charge on any atom is 0.770 e. The van der Waals surface area contributed by atoms with Crippen molar-refractivity contribution in [2.45, 2.75) is 4.90 Å². The van der Waals surface area contributed by atoms with Crippen LogP contribution in [0.1, 0.15) is 0 Å². The minimum atomic E-state index is -1.82. The Balaban J connectivity index is 2.57. The van der Waals surface area contributed by atoms with Crippen molar-refractivity contribution in [1.29, 1.82) is 0 Å². The molecular weight excluding hydrogens is 229 g/mol. The van der Waals surface area contributed by atoms with Crippen molar-refractivity contribution < 1.29 is 19.6 Å². The standard InChI is InChI=1S/C9H11BNO4S/c1-15-6-11(10(13)14)7-4-2-3-5-8(7)16-9(11)12/h2-5,13-14H,6H2,1H3/q+1. The second-order valence-corrected chi connectivity index (χ2v) is 4.46. The number of quaternary nitrogens is 1. The molecule has 7 heteroatoms. The Labute approximate surface area is 97.4 Å². The second-order valence-electron chi connectivity index (χ2n) is 3.47. The fourth-order valence-electron chi connectivity index (χ4n) is 1.76. The predicted molar refractivity (Wildman–Crippen MR) is 61.6 cm³/mol. The number of carbonyl (C=O) groups excluding carboxylic acids is 1. The summed E-state index contributed by atoms with van der Waals surface area (Å²) in [6, 6.07) is 7.03. The average Bonchev–Trinajstić information content (AvgIpc) is 2.53. The highest BCUT2D eigenvalue weighted by atomic mass is 32.2. The van der Waals surface area contributed by atoms with Crippen LogP contribution in [0.15, 0.2) is 29.2 Å². The minimum absolute atomic E-state index is 0.0967. The van der Waals surface area contributed by atoms with Crippen LogP contribution in [-0.2, 0) is 4.74 Å². The molecule has 84 valence electrons. The molecule has 1 aromatic carbocycles. The number of fused-ring (bicyclic) bond motifs is 1. The number of nitrogens with zero attached hydrogens (tertiary/aromatic N) is 1. The summed E-state index contributed by atoms with van der Waals surface area (Å²) in [6.45, 7) is -0.0967. The first-order valence-corrected chi connectivity index (χ1v) is 5.49. The molecule has 1 aliphatic heterocycles. The monoisotopic (exact) mass is 240 g/mol. The van der Waals surface area contributed by atoms with Crippen LogP contribution in [0, 0.1) is 0 Å². The summed E-state index contributed by atoms with van der Waals surface area (Å²) in [5.41, 5.74) is 0.564. The van der Waals surface area contributed by atoms with Gasteiger partial charge < -0.3 is 14.8 Å². The molecule has 16 heavy (non-hydrogen) atoms. The summed E-state index contributed by atoms with van der Waals surface area (Å²) in [7, 11) is -0.398. The molecule has 0 radical (unpaired) electrons. The second kappa shape index (κ2) is 4.19. The number of hydrogen-bond acceptors (Lipinski definition) is 5. The Kier molecular flexibility index (Phi) is 3.05. The zero-order valence-electron chi connectivity index (χ0n) is 8.66. The van der Waals surface area contributed by atoms with Gasteiger partial charge in [0.15, 0.2) is 6.73 Å². The summed E-state index contributed by atoms with van der Waals surface area (Å²) in [4.78, 5) is 12.7. The van der Waals surface area contributed by atoms with Crippen LogP contribution in [0.25, 0.3) is 0 Å². The van der Waals surface area contributed by atoms with Gasteiger partial charge in [-0.1, -0.05) is 12.1 Å². The van der Waals surface area contributed by atoms with E-state index in [2.05, 4.69) is 0 Å². The number of thioether (sulfide) groups is 1. The summed E-state index contributed by atoms with van der Waals surface area (Å²) in [5.74, 6) is 0. The third kappa shape index (κ3) is 1.48. The quantitative estimate of drug-likeness (QED) is 0.764. The van der Waals surface area contributed by atoms with Gasteiger partial charge in [-0.2, -0.15) is 0 Å². The Morgan fingerprint density at radius 3 is 2.75 bits per heavy atom. The number of benzene rings is 1. The van der Waals surface area contributed by atoms with E-state index >= 15 is 0 Å². The lowest BCUT2D eigenvalue weighted by Crippen LogP contribution is -2.62. The van der Waals surface area contributed by atoms with E-state index in [1.807, 2.05) is 0 Å². The van der Waals surface area contributed by atoms with E-state index in [-0.39, 0.29) is 12.0 Å². The maximum atomic E-state index is 11.9. The number of ether oxygens (including phenoxy) is 1. The molecule has 0 fully saturated rings. The lowest BCUT2D eigenvalue weighted by Gasteiger charge is -2.28. The predicted octanol–water partition coefficient (Wildman–Crippen LogP) is 0.793. The van der Waals surface area contributed by atoms with Crippen molar-refractivity contribution in [2.24, 2.45) is 0 Å².